The molecule has 12 heavy (non-hydrogen) atoms. The number of rotatable bonds is 2. The molecular formula is C10H22N2. The number of likely N-dealkylation sites (tertiary alicyclic amines) is 1. The van der Waals surface area contributed by atoms with Crippen LogP contribution in [0.15, 0.2) is 0 Å². The first-order valence-electron chi connectivity index (χ1n) is 5.00. The zero-order chi connectivity index (χ0) is 9.19. The lowest BCUT2D eigenvalue weighted by Crippen LogP contribution is -2.51. The van der Waals surface area contributed by atoms with Crippen LogP contribution in [0.4, 0.5) is 0 Å². The van der Waals surface area contributed by atoms with Gasteiger partial charge in [-0.05, 0) is 40.7 Å². The van der Waals surface area contributed by atoms with E-state index < -0.39 is 0 Å². The summed E-state index contributed by atoms with van der Waals surface area (Å²) in [6.45, 7) is 9.37. The van der Waals surface area contributed by atoms with Gasteiger partial charge < -0.3 is 10.2 Å². The molecule has 0 atom stereocenters. The Bertz CT molecular complexity index is 135. The molecule has 2 heteroatoms. The van der Waals surface area contributed by atoms with Crippen LogP contribution in [0.1, 0.15) is 33.6 Å². The number of nitrogens with one attached hydrogen (secondary N) is 1. The Morgan fingerprint density at radius 3 is 2.08 bits per heavy atom. The van der Waals surface area contributed by atoms with E-state index in [9.17, 15) is 0 Å². The quantitative estimate of drug-likeness (QED) is 0.675. The molecule has 1 aliphatic rings. The Kier molecular flexibility index (Phi) is 3.13. The van der Waals surface area contributed by atoms with Crippen molar-refractivity contribution in [1.82, 2.24) is 10.2 Å². The predicted molar refractivity (Wildman–Crippen MR) is 53.4 cm³/mol. The van der Waals surface area contributed by atoms with Crippen LogP contribution in [0.2, 0.25) is 0 Å². The summed E-state index contributed by atoms with van der Waals surface area (Å²) >= 11 is 0. The monoisotopic (exact) mass is 170 g/mol. The molecule has 0 aromatic heterocycles. The van der Waals surface area contributed by atoms with Crippen LogP contribution in [0.5, 0.6) is 0 Å². The van der Waals surface area contributed by atoms with Crippen molar-refractivity contribution < 1.29 is 0 Å². The van der Waals surface area contributed by atoms with Crippen molar-refractivity contribution in [2.24, 2.45) is 0 Å². The predicted octanol–water partition coefficient (Wildman–Crippen LogP) is 1.47. The Balaban J connectivity index is 2.39. The second-order valence-corrected chi connectivity index (χ2v) is 4.44. The molecule has 1 heterocycles. The number of hydrogen-bond acceptors (Lipinski definition) is 2. The molecule has 0 aliphatic carbocycles. The number of nitrogens with zero attached hydrogens (tertiary/aromatic N) is 1. The van der Waals surface area contributed by atoms with Crippen molar-refractivity contribution in [2.45, 2.75) is 45.2 Å². The fourth-order valence-corrected chi connectivity index (χ4v) is 1.78. The van der Waals surface area contributed by atoms with Gasteiger partial charge in [0.15, 0.2) is 0 Å². The molecule has 0 radical (unpaired) electrons. The second-order valence-electron chi connectivity index (χ2n) is 4.44. The minimum Gasteiger partial charge on any atom is -0.314 e. The molecule has 0 spiro atoms. The average Bonchev–Trinajstić information content (AvgIpc) is 2.05. The van der Waals surface area contributed by atoms with E-state index in [2.05, 4.69) is 38.0 Å². The lowest BCUT2D eigenvalue weighted by molar-refractivity contribution is 0.124. The molecule has 1 aliphatic heterocycles. The minimum absolute atomic E-state index is 0.394. The van der Waals surface area contributed by atoms with Crippen LogP contribution < -0.4 is 5.32 Å². The summed E-state index contributed by atoms with van der Waals surface area (Å²) < 4.78 is 0. The van der Waals surface area contributed by atoms with Gasteiger partial charge in [-0.2, -0.15) is 0 Å². The van der Waals surface area contributed by atoms with Crippen LogP contribution in [0.3, 0.4) is 0 Å². The van der Waals surface area contributed by atoms with E-state index in [1.54, 1.807) is 0 Å². The SMILES string of the molecule is CNC1(C)CCN(C(C)C)CC1. The Morgan fingerprint density at radius 2 is 1.75 bits per heavy atom. The summed E-state index contributed by atoms with van der Waals surface area (Å²) in [5, 5.41) is 3.41. The Morgan fingerprint density at radius 1 is 1.25 bits per heavy atom. The first kappa shape index (κ1) is 10.0. The van der Waals surface area contributed by atoms with Gasteiger partial charge in [0.2, 0.25) is 0 Å². The van der Waals surface area contributed by atoms with E-state index in [0.717, 1.165) is 0 Å². The van der Waals surface area contributed by atoms with Gasteiger partial charge in [-0.25, -0.2) is 0 Å². The molecular weight excluding hydrogens is 148 g/mol. The molecule has 1 saturated heterocycles. The van der Waals surface area contributed by atoms with E-state index in [1.807, 2.05) is 0 Å². The maximum atomic E-state index is 3.41. The highest BCUT2D eigenvalue weighted by atomic mass is 15.2. The summed E-state index contributed by atoms with van der Waals surface area (Å²) in [4.78, 5) is 2.55. The van der Waals surface area contributed by atoms with Gasteiger partial charge in [0.05, 0.1) is 0 Å². The Hall–Kier alpha value is -0.0800. The van der Waals surface area contributed by atoms with E-state index in [0.29, 0.717) is 11.6 Å². The molecule has 0 amide bonds. The van der Waals surface area contributed by atoms with Crippen molar-refractivity contribution in [3.05, 3.63) is 0 Å². The van der Waals surface area contributed by atoms with Crippen LogP contribution in [-0.4, -0.2) is 36.6 Å². The zero-order valence-electron chi connectivity index (χ0n) is 8.85. The summed E-state index contributed by atoms with van der Waals surface area (Å²) in [6.07, 6.45) is 2.56. The van der Waals surface area contributed by atoms with Crippen molar-refractivity contribution in [3.8, 4) is 0 Å². The van der Waals surface area contributed by atoms with E-state index >= 15 is 0 Å². The fraction of sp³-hybridized carbons (Fsp3) is 1.00. The zero-order valence-corrected chi connectivity index (χ0v) is 8.85. The summed E-state index contributed by atoms with van der Waals surface area (Å²) in [6, 6.07) is 0.714. The molecule has 0 bridgehead atoms. The summed E-state index contributed by atoms with van der Waals surface area (Å²) in [7, 11) is 2.07. The third kappa shape index (κ3) is 2.20. The lowest BCUT2D eigenvalue weighted by atomic mass is 9.89. The van der Waals surface area contributed by atoms with Crippen LogP contribution >= 0.6 is 0 Å². The molecule has 0 aromatic carbocycles. The third-order valence-electron chi connectivity index (χ3n) is 3.24. The van der Waals surface area contributed by atoms with Crippen molar-refractivity contribution in [2.75, 3.05) is 20.1 Å². The fourth-order valence-electron chi connectivity index (χ4n) is 1.78. The van der Waals surface area contributed by atoms with Gasteiger partial charge >= 0.3 is 0 Å². The first-order chi connectivity index (χ1) is 5.57. The van der Waals surface area contributed by atoms with Gasteiger partial charge in [0.1, 0.15) is 0 Å². The number of piperidine rings is 1. The largest absolute Gasteiger partial charge is 0.314 e. The van der Waals surface area contributed by atoms with Gasteiger partial charge in [0, 0.05) is 24.7 Å². The van der Waals surface area contributed by atoms with Crippen molar-refractivity contribution in [1.29, 1.82) is 0 Å². The summed E-state index contributed by atoms with van der Waals surface area (Å²) in [5.74, 6) is 0. The standard InChI is InChI=1S/C10H22N2/c1-9(2)12-7-5-10(3,11-4)6-8-12/h9,11H,5-8H2,1-4H3. The van der Waals surface area contributed by atoms with Gasteiger partial charge in [-0.15, -0.1) is 0 Å². The molecule has 1 rings (SSSR count). The van der Waals surface area contributed by atoms with Crippen LogP contribution in [0, 0.1) is 0 Å². The highest BCUT2D eigenvalue weighted by Gasteiger charge is 2.28. The van der Waals surface area contributed by atoms with Gasteiger partial charge in [-0.1, -0.05) is 0 Å². The molecule has 0 aromatic rings. The minimum atomic E-state index is 0.394. The molecule has 1 fully saturated rings. The highest BCUT2D eigenvalue weighted by molar-refractivity contribution is 4.88. The molecule has 72 valence electrons. The maximum absolute atomic E-state index is 3.41. The maximum Gasteiger partial charge on any atom is 0.0174 e. The van der Waals surface area contributed by atoms with Gasteiger partial charge in [0.25, 0.3) is 0 Å². The van der Waals surface area contributed by atoms with Crippen molar-refractivity contribution in [3.63, 3.8) is 0 Å². The molecule has 0 unspecified atom stereocenters. The van der Waals surface area contributed by atoms with Gasteiger partial charge in [-0.3, -0.25) is 0 Å². The topological polar surface area (TPSA) is 15.3 Å². The van der Waals surface area contributed by atoms with E-state index in [-0.39, 0.29) is 0 Å². The van der Waals surface area contributed by atoms with E-state index in [4.69, 9.17) is 0 Å². The normalized spacial score (nSPS) is 24.8. The first-order valence-corrected chi connectivity index (χ1v) is 5.00. The lowest BCUT2D eigenvalue weighted by Gasteiger charge is -2.41. The van der Waals surface area contributed by atoms with Crippen LogP contribution in [-0.2, 0) is 0 Å². The smallest absolute Gasteiger partial charge is 0.0174 e. The molecule has 1 N–H and O–H groups in total. The van der Waals surface area contributed by atoms with Crippen molar-refractivity contribution >= 4 is 0 Å². The third-order valence-corrected chi connectivity index (χ3v) is 3.24. The summed E-state index contributed by atoms with van der Waals surface area (Å²) in [5.41, 5.74) is 0.394. The molecule has 2 nitrogen and oxygen atoms in total. The Labute approximate surface area is 76.3 Å². The molecule has 0 saturated carbocycles. The van der Waals surface area contributed by atoms with Crippen LogP contribution in [0.25, 0.3) is 0 Å². The van der Waals surface area contributed by atoms with E-state index in [1.165, 1.54) is 25.9 Å². The average molecular weight is 170 g/mol. The highest BCUT2D eigenvalue weighted by Crippen LogP contribution is 2.21. The second kappa shape index (κ2) is 3.75. The number of hydrogen-bond donors (Lipinski definition) is 1.